The van der Waals surface area contributed by atoms with E-state index in [0.717, 1.165) is 57.0 Å². The summed E-state index contributed by atoms with van der Waals surface area (Å²) in [6, 6.07) is 2.01. The zero-order chi connectivity index (χ0) is 17.4. The summed E-state index contributed by atoms with van der Waals surface area (Å²) in [7, 11) is -3.19. The summed E-state index contributed by atoms with van der Waals surface area (Å²) in [5, 5.41) is 4.50. The van der Waals surface area contributed by atoms with Crippen LogP contribution in [-0.4, -0.2) is 54.7 Å². The summed E-state index contributed by atoms with van der Waals surface area (Å²) in [5.74, 6) is 0.676. The molecule has 1 unspecified atom stereocenters. The molecule has 1 fully saturated rings. The molecular formula is C16H28N4O3S. The highest BCUT2D eigenvalue weighted by atomic mass is 32.2. The predicted molar refractivity (Wildman–Crippen MR) is 91.9 cm³/mol. The van der Waals surface area contributed by atoms with Gasteiger partial charge in [0.2, 0.25) is 10.0 Å². The van der Waals surface area contributed by atoms with Crippen molar-refractivity contribution in [2.75, 3.05) is 26.0 Å². The topological polar surface area (TPSA) is 76.5 Å². The van der Waals surface area contributed by atoms with Gasteiger partial charge in [-0.15, -0.1) is 0 Å². The van der Waals surface area contributed by atoms with Crippen LogP contribution in [0.15, 0.2) is 6.07 Å². The Kier molecular flexibility index (Phi) is 5.01. The Morgan fingerprint density at radius 2 is 2.21 bits per heavy atom. The third kappa shape index (κ3) is 4.78. The van der Waals surface area contributed by atoms with Crippen LogP contribution in [0.25, 0.3) is 0 Å². The molecule has 0 amide bonds. The van der Waals surface area contributed by atoms with Crippen molar-refractivity contribution < 1.29 is 13.2 Å². The number of aromatic nitrogens is 2. The lowest BCUT2D eigenvalue weighted by Gasteiger charge is -2.38. The molecule has 0 aromatic carbocycles. The highest BCUT2D eigenvalue weighted by Gasteiger charge is 2.30. The highest BCUT2D eigenvalue weighted by Crippen LogP contribution is 2.29. The van der Waals surface area contributed by atoms with Crippen molar-refractivity contribution in [3.05, 3.63) is 17.5 Å². The number of hydrogen-bond acceptors (Lipinski definition) is 5. The molecule has 3 heterocycles. The van der Waals surface area contributed by atoms with E-state index in [-0.39, 0.29) is 12.1 Å². The molecule has 24 heavy (non-hydrogen) atoms. The van der Waals surface area contributed by atoms with E-state index in [9.17, 15) is 8.42 Å². The zero-order valence-corrected chi connectivity index (χ0v) is 15.6. The molecule has 0 saturated carbocycles. The molecule has 0 radical (unpaired) electrons. The van der Waals surface area contributed by atoms with E-state index >= 15 is 0 Å². The molecule has 1 atom stereocenters. The molecule has 1 N–H and O–H groups in total. The first-order valence-electron chi connectivity index (χ1n) is 8.57. The van der Waals surface area contributed by atoms with Crippen LogP contribution in [0.1, 0.15) is 38.1 Å². The summed E-state index contributed by atoms with van der Waals surface area (Å²) in [6.45, 7) is 9.28. The van der Waals surface area contributed by atoms with Crippen molar-refractivity contribution in [1.29, 1.82) is 0 Å². The monoisotopic (exact) mass is 356 g/mol. The van der Waals surface area contributed by atoms with Gasteiger partial charge in [-0.05, 0) is 38.7 Å². The van der Waals surface area contributed by atoms with Crippen molar-refractivity contribution in [2.24, 2.45) is 5.92 Å². The second-order valence-electron chi connectivity index (χ2n) is 7.65. The molecule has 7 nitrogen and oxygen atoms in total. The Morgan fingerprint density at radius 1 is 1.42 bits per heavy atom. The van der Waals surface area contributed by atoms with E-state index in [1.54, 1.807) is 0 Å². The molecule has 1 aromatic rings. The average Bonchev–Trinajstić information content (AvgIpc) is 2.85. The molecule has 8 heteroatoms. The molecule has 3 rings (SSSR count). The van der Waals surface area contributed by atoms with Gasteiger partial charge in [0, 0.05) is 26.2 Å². The second-order valence-corrected chi connectivity index (χ2v) is 9.48. The summed E-state index contributed by atoms with van der Waals surface area (Å²) in [6.07, 6.45) is 3.40. The van der Waals surface area contributed by atoms with Crippen LogP contribution >= 0.6 is 0 Å². The van der Waals surface area contributed by atoms with E-state index in [1.165, 1.54) is 6.26 Å². The summed E-state index contributed by atoms with van der Waals surface area (Å²) in [4.78, 5) is 2.48. The summed E-state index contributed by atoms with van der Waals surface area (Å²) < 4.78 is 32.7. The molecule has 1 aromatic heterocycles. The van der Waals surface area contributed by atoms with Crippen molar-refractivity contribution in [3.63, 3.8) is 0 Å². The Balaban J connectivity index is 1.57. The molecule has 0 bridgehead atoms. The quantitative estimate of drug-likeness (QED) is 0.850. The maximum atomic E-state index is 11.2. The van der Waals surface area contributed by atoms with Gasteiger partial charge >= 0.3 is 0 Å². The Labute approximate surface area is 144 Å². The van der Waals surface area contributed by atoms with Gasteiger partial charge in [0.25, 0.3) is 0 Å². The number of nitrogens with zero attached hydrogens (tertiary/aromatic N) is 3. The smallest absolute Gasteiger partial charge is 0.209 e. The fourth-order valence-corrected chi connectivity index (χ4v) is 4.12. The van der Waals surface area contributed by atoms with Crippen LogP contribution in [0.3, 0.4) is 0 Å². The molecule has 1 saturated heterocycles. The van der Waals surface area contributed by atoms with E-state index in [4.69, 9.17) is 4.74 Å². The standard InChI is InChI=1S/C16H28N4O3S/c1-16(2)9-13(4-7-23-16)11-19-5-6-20-15(12-19)8-14(18-20)10-17-24(3,21)22/h8,13,17H,4-7,9-12H2,1-3H3. The minimum absolute atomic E-state index is 0.00897. The number of ether oxygens (including phenoxy) is 1. The van der Waals surface area contributed by atoms with E-state index in [2.05, 4.69) is 28.6 Å². The van der Waals surface area contributed by atoms with E-state index in [1.807, 2.05) is 10.7 Å². The first-order chi connectivity index (χ1) is 11.2. The van der Waals surface area contributed by atoms with E-state index < -0.39 is 10.0 Å². The van der Waals surface area contributed by atoms with Crippen LogP contribution in [-0.2, 0) is 34.4 Å². The first-order valence-corrected chi connectivity index (χ1v) is 10.5. The van der Waals surface area contributed by atoms with Crippen molar-refractivity contribution in [2.45, 2.75) is 51.9 Å². The molecule has 136 valence electrons. The zero-order valence-electron chi connectivity index (χ0n) is 14.8. The maximum absolute atomic E-state index is 11.2. The number of nitrogens with one attached hydrogen (secondary N) is 1. The predicted octanol–water partition coefficient (Wildman–Crippen LogP) is 0.953. The highest BCUT2D eigenvalue weighted by molar-refractivity contribution is 7.88. The van der Waals surface area contributed by atoms with Gasteiger partial charge in [-0.2, -0.15) is 5.10 Å². The summed E-state index contributed by atoms with van der Waals surface area (Å²) >= 11 is 0. The van der Waals surface area contributed by atoms with Crippen LogP contribution in [0, 0.1) is 5.92 Å². The Morgan fingerprint density at radius 3 is 2.92 bits per heavy atom. The largest absolute Gasteiger partial charge is 0.376 e. The number of fused-ring (bicyclic) bond motifs is 1. The fraction of sp³-hybridized carbons (Fsp3) is 0.812. The average molecular weight is 356 g/mol. The van der Waals surface area contributed by atoms with Crippen molar-refractivity contribution in [1.82, 2.24) is 19.4 Å². The van der Waals surface area contributed by atoms with Crippen LogP contribution in [0.2, 0.25) is 0 Å². The van der Waals surface area contributed by atoms with Gasteiger partial charge in [-0.3, -0.25) is 9.58 Å². The normalized spacial score (nSPS) is 24.7. The lowest BCUT2D eigenvalue weighted by Crippen LogP contribution is -2.42. The van der Waals surface area contributed by atoms with E-state index in [0.29, 0.717) is 5.92 Å². The molecule has 2 aliphatic heterocycles. The molecule has 0 aliphatic carbocycles. The third-order valence-corrected chi connectivity index (χ3v) is 5.43. The van der Waals surface area contributed by atoms with Gasteiger partial charge in [-0.25, -0.2) is 13.1 Å². The molecule has 2 aliphatic rings. The van der Waals surface area contributed by atoms with Gasteiger partial charge in [0.1, 0.15) is 0 Å². The van der Waals surface area contributed by atoms with Crippen LogP contribution in [0.5, 0.6) is 0 Å². The first kappa shape index (κ1) is 17.8. The number of sulfonamides is 1. The lowest BCUT2D eigenvalue weighted by atomic mass is 9.88. The minimum Gasteiger partial charge on any atom is -0.376 e. The van der Waals surface area contributed by atoms with Gasteiger partial charge in [0.15, 0.2) is 0 Å². The van der Waals surface area contributed by atoms with Crippen molar-refractivity contribution in [3.8, 4) is 0 Å². The minimum atomic E-state index is -3.19. The van der Waals surface area contributed by atoms with Crippen LogP contribution < -0.4 is 4.72 Å². The summed E-state index contributed by atoms with van der Waals surface area (Å²) in [5.41, 5.74) is 1.94. The van der Waals surface area contributed by atoms with Gasteiger partial charge in [0.05, 0.1) is 36.3 Å². The second kappa shape index (κ2) is 6.74. The van der Waals surface area contributed by atoms with Crippen molar-refractivity contribution >= 4 is 10.0 Å². The molecule has 0 spiro atoms. The number of rotatable bonds is 5. The van der Waals surface area contributed by atoms with Crippen LogP contribution in [0.4, 0.5) is 0 Å². The lowest BCUT2D eigenvalue weighted by molar-refractivity contribution is -0.0777. The fourth-order valence-electron chi connectivity index (χ4n) is 3.71. The SMILES string of the molecule is CC1(C)CC(CN2CCn3nc(CNS(C)(=O)=O)cc3C2)CCO1. The third-order valence-electron chi connectivity index (χ3n) is 4.76. The van der Waals surface area contributed by atoms with Gasteiger partial charge in [-0.1, -0.05) is 0 Å². The molecular weight excluding hydrogens is 328 g/mol. The Bertz CT molecular complexity index is 683. The van der Waals surface area contributed by atoms with Gasteiger partial charge < -0.3 is 4.74 Å². The maximum Gasteiger partial charge on any atom is 0.209 e. The Hall–Kier alpha value is -0.960. The number of hydrogen-bond donors (Lipinski definition) is 1.